The summed E-state index contributed by atoms with van der Waals surface area (Å²) in [5.74, 6) is -0.613. The Balaban J connectivity index is 2.08. The Labute approximate surface area is 162 Å². The second-order valence-electron chi connectivity index (χ2n) is 6.05. The number of benzene rings is 2. The van der Waals surface area contributed by atoms with Crippen LogP contribution in [0.4, 0.5) is 11.4 Å². The van der Waals surface area contributed by atoms with E-state index >= 15 is 0 Å². The van der Waals surface area contributed by atoms with Crippen molar-refractivity contribution in [1.29, 1.82) is 0 Å². The van der Waals surface area contributed by atoms with Crippen LogP contribution in [-0.2, 0) is 9.53 Å². The van der Waals surface area contributed by atoms with Crippen molar-refractivity contribution in [2.24, 2.45) is 11.0 Å². The molecule has 2 unspecified atom stereocenters. The van der Waals surface area contributed by atoms with Crippen LogP contribution in [0.1, 0.15) is 25.5 Å². The zero-order valence-corrected chi connectivity index (χ0v) is 16.0. The van der Waals surface area contributed by atoms with E-state index in [2.05, 4.69) is 5.10 Å². The van der Waals surface area contributed by atoms with Gasteiger partial charge in [0.25, 0.3) is 0 Å². The molecule has 0 aromatic heterocycles. The summed E-state index contributed by atoms with van der Waals surface area (Å²) in [4.78, 5) is 12.3. The number of hydrogen-bond acceptors (Lipinski definition) is 5. The first kappa shape index (κ1) is 18.5. The number of carbonyl (C=O) groups excluding carboxylic acids is 1. The van der Waals surface area contributed by atoms with Crippen molar-refractivity contribution >= 4 is 46.3 Å². The predicted octanol–water partition coefficient (Wildman–Crippen LogP) is 4.69. The average Bonchev–Trinajstić information content (AvgIpc) is 2.93. The number of nitrogens with two attached hydrogens (primary N) is 1. The lowest BCUT2D eigenvalue weighted by Crippen LogP contribution is -2.27. The number of rotatable bonds is 4. The molecule has 5 nitrogen and oxygen atoms in total. The van der Waals surface area contributed by atoms with Gasteiger partial charge in [0.15, 0.2) is 5.71 Å². The largest absolute Gasteiger partial charge is 0.461 e. The molecule has 0 aliphatic carbocycles. The Morgan fingerprint density at radius 1 is 1.23 bits per heavy atom. The predicted molar refractivity (Wildman–Crippen MR) is 106 cm³/mol. The van der Waals surface area contributed by atoms with Gasteiger partial charge in [0.05, 0.1) is 23.4 Å². The fraction of sp³-hybridized carbons (Fsp3) is 0.263. The molecule has 0 amide bonds. The topological polar surface area (TPSA) is 67.9 Å². The summed E-state index contributed by atoms with van der Waals surface area (Å²) in [5, 5.41) is 7.29. The molecule has 0 fully saturated rings. The van der Waals surface area contributed by atoms with Gasteiger partial charge in [-0.2, -0.15) is 5.10 Å². The van der Waals surface area contributed by atoms with Crippen molar-refractivity contribution in [1.82, 2.24) is 0 Å². The van der Waals surface area contributed by atoms with Crippen molar-refractivity contribution in [2.45, 2.75) is 19.9 Å². The van der Waals surface area contributed by atoms with Crippen LogP contribution in [-0.4, -0.2) is 18.3 Å². The monoisotopic (exact) mass is 391 g/mol. The van der Waals surface area contributed by atoms with Crippen LogP contribution >= 0.6 is 23.2 Å². The maximum absolute atomic E-state index is 12.3. The van der Waals surface area contributed by atoms with Gasteiger partial charge in [-0.3, -0.25) is 5.01 Å². The highest BCUT2D eigenvalue weighted by molar-refractivity contribution is 6.39. The average molecular weight is 392 g/mol. The summed E-state index contributed by atoms with van der Waals surface area (Å²) in [5.41, 5.74) is 8.48. The Bertz CT molecular complexity index is 852. The zero-order valence-electron chi connectivity index (χ0n) is 14.4. The Morgan fingerprint density at radius 3 is 2.54 bits per heavy atom. The Morgan fingerprint density at radius 2 is 1.92 bits per heavy atom. The van der Waals surface area contributed by atoms with E-state index in [1.807, 2.05) is 31.2 Å². The number of carbonyl (C=O) groups is 1. The number of halogens is 2. The van der Waals surface area contributed by atoms with E-state index in [1.54, 1.807) is 30.1 Å². The molecule has 2 aromatic carbocycles. The second kappa shape index (κ2) is 7.56. The number of anilines is 2. The second-order valence-corrected chi connectivity index (χ2v) is 6.89. The van der Waals surface area contributed by atoms with E-state index in [9.17, 15) is 4.79 Å². The molecule has 0 spiro atoms. The summed E-state index contributed by atoms with van der Waals surface area (Å²) >= 11 is 12.4. The Kier molecular flexibility index (Phi) is 5.39. The molecule has 1 aliphatic heterocycles. The quantitative estimate of drug-likeness (QED) is 0.605. The number of nitrogen functional groups attached to an aromatic ring is 1. The molecule has 0 saturated heterocycles. The third kappa shape index (κ3) is 3.50. The van der Waals surface area contributed by atoms with Crippen LogP contribution in [0.3, 0.4) is 0 Å². The van der Waals surface area contributed by atoms with Gasteiger partial charge in [0.1, 0.15) is 0 Å². The first-order valence-electron chi connectivity index (χ1n) is 8.27. The molecular weight excluding hydrogens is 373 g/mol. The van der Waals surface area contributed by atoms with Crippen molar-refractivity contribution in [3.63, 3.8) is 0 Å². The van der Waals surface area contributed by atoms with Gasteiger partial charge in [0.2, 0.25) is 0 Å². The summed E-state index contributed by atoms with van der Waals surface area (Å²) in [6.07, 6.45) is 0. The number of hydrogen-bond donors (Lipinski definition) is 1. The molecule has 136 valence electrons. The summed E-state index contributed by atoms with van der Waals surface area (Å²) in [7, 11) is 0. The molecule has 2 atom stereocenters. The van der Waals surface area contributed by atoms with E-state index < -0.39 is 5.97 Å². The van der Waals surface area contributed by atoms with Gasteiger partial charge in [-0.1, -0.05) is 42.3 Å². The van der Waals surface area contributed by atoms with Gasteiger partial charge in [-0.25, -0.2) is 4.79 Å². The van der Waals surface area contributed by atoms with Crippen molar-refractivity contribution in [3.05, 3.63) is 58.1 Å². The smallest absolute Gasteiger partial charge is 0.354 e. The third-order valence-electron chi connectivity index (χ3n) is 4.30. The normalized spacial score (nSPS) is 19.4. The molecule has 2 N–H and O–H groups in total. The van der Waals surface area contributed by atoms with Gasteiger partial charge in [-0.05, 0) is 42.8 Å². The highest BCUT2D eigenvalue weighted by Gasteiger charge is 2.40. The molecule has 26 heavy (non-hydrogen) atoms. The SMILES string of the molecule is CCOC(=O)C1=NN(c2ccc(Cl)cc2Cl)C(c2ccc(N)cc2)C1C. The number of esters is 1. The van der Waals surface area contributed by atoms with Crippen LogP contribution in [0.15, 0.2) is 47.6 Å². The van der Waals surface area contributed by atoms with E-state index in [1.165, 1.54) is 0 Å². The van der Waals surface area contributed by atoms with E-state index in [-0.39, 0.29) is 12.0 Å². The maximum atomic E-state index is 12.3. The highest BCUT2D eigenvalue weighted by Crippen LogP contribution is 2.42. The molecule has 3 rings (SSSR count). The minimum Gasteiger partial charge on any atom is -0.461 e. The number of nitrogens with zero attached hydrogens (tertiary/aromatic N) is 2. The van der Waals surface area contributed by atoms with E-state index in [0.717, 1.165) is 5.56 Å². The lowest BCUT2D eigenvalue weighted by molar-refractivity contribution is -0.135. The fourth-order valence-corrected chi connectivity index (χ4v) is 3.55. The zero-order chi connectivity index (χ0) is 18.8. The summed E-state index contributed by atoms with van der Waals surface area (Å²) < 4.78 is 5.16. The lowest BCUT2D eigenvalue weighted by atomic mass is 9.91. The first-order chi connectivity index (χ1) is 12.4. The van der Waals surface area contributed by atoms with Gasteiger partial charge < -0.3 is 10.5 Å². The van der Waals surface area contributed by atoms with Crippen LogP contribution in [0.2, 0.25) is 10.0 Å². The molecule has 0 radical (unpaired) electrons. The van der Waals surface area contributed by atoms with Crippen molar-refractivity contribution in [3.8, 4) is 0 Å². The number of hydrazone groups is 1. The molecule has 2 aromatic rings. The molecular formula is C19H19Cl2N3O2. The minimum atomic E-state index is -0.423. The van der Waals surface area contributed by atoms with Gasteiger partial charge in [0, 0.05) is 16.6 Å². The molecule has 7 heteroatoms. The lowest BCUT2D eigenvalue weighted by Gasteiger charge is -2.27. The third-order valence-corrected chi connectivity index (χ3v) is 4.84. The number of ether oxygens (including phenoxy) is 1. The van der Waals surface area contributed by atoms with E-state index in [4.69, 9.17) is 33.7 Å². The molecule has 1 aliphatic rings. The van der Waals surface area contributed by atoms with Gasteiger partial charge in [-0.15, -0.1) is 0 Å². The van der Waals surface area contributed by atoms with Crippen LogP contribution in [0.5, 0.6) is 0 Å². The minimum absolute atomic E-state index is 0.190. The first-order valence-corrected chi connectivity index (χ1v) is 9.03. The van der Waals surface area contributed by atoms with Crippen LogP contribution < -0.4 is 10.7 Å². The van der Waals surface area contributed by atoms with Gasteiger partial charge >= 0.3 is 5.97 Å². The summed E-state index contributed by atoms with van der Waals surface area (Å²) in [6.45, 7) is 4.00. The maximum Gasteiger partial charge on any atom is 0.354 e. The van der Waals surface area contributed by atoms with Crippen LogP contribution in [0, 0.1) is 5.92 Å². The standard InChI is InChI=1S/C19H19Cl2N3O2/c1-3-26-19(25)17-11(2)18(12-4-7-14(22)8-5-12)24(23-17)16-9-6-13(20)10-15(16)21/h4-11,18H,3,22H2,1-2H3. The molecule has 0 bridgehead atoms. The Hall–Kier alpha value is -2.24. The molecule has 1 heterocycles. The summed E-state index contributed by atoms with van der Waals surface area (Å²) in [6, 6.07) is 12.5. The highest BCUT2D eigenvalue weighted by atomic mass is 35.5. The van der Waals surface area contributed by atoms with E-state index in [0.29, 0.717) is 33.7 Å². The van der Waals surface area contributed by atoms with Crippen molar-refractivity contribution in [2.75, 3.05) is 17.3 Å². The van der Waals surface area contributed by atoms with Crippen LogP contribution in [0.25, 0.3) is 0 Å². The molecule has 0 saturated carbocycles. The van der Waals surface area contributed by atoms with Crippen molar-refractivity contribution < 1.29 is 9.53 Å². The fourth-order valence-electron chi connectivity index (χ4n) is 3.06.